The van der Waals surface area contributed by atoms with Crippen LogP contribution in [0.1, 0.15) is 33.3 Å². The van der Waals surface area contributed by atoms with Crippen LogP contribution in [0.2, 0.25) is 0 Å². The molecule has 3 rings (SSSR count). The largest absolute Gasteiger partial charge is 0.394 e. The molecule has 0 bridgehead atoms. The third-order valence-corrected chi connectivity index (χ3v) is 3.87. The zero-order valence-corrected chi connectivity index (χ0v) is 13.9. The van der Waals surface area contributed by atoms with Crippen molar-refractivity contribution in [2.45, 2.75) is 33.9 Å². The number of aryl methyl sites for hydroxylation is 3. The van der Waals surface area contributed by atoms with Crippen LogP contribution in [0.4, 0.5) is 0 Å². The molecule has 0 unspecified atom stereocenters. The van der Waals surface area contributed by atoms with Crippen molar-refractivity contribution >= 4 is 16.9 Å². The number of amides is 1. The molecule has 3 heterocycles. The van der Waals surface area contributed by atoms with Crippen molar-refractivity contribution in [2.24, 2.45) is 0 Å². The second kappa shape index (κ2) is 6.40. The number of hydrogen-bond donors (Lipinski definition) is 3. The number of H-pyrrole nitrogens is 1. The van der Waals surface area contributed by atoms with Crippen LogP contribution in [0, 0.1) is 20.8 Å². The van der Waals surface area contributed by atoms with Gasteiger partial charge in [-0.3, -0.25) is 4.79 Å². The first-order chi connectivity index (χ1) is 11.5. The highest BCUT2D eigenvalue weighted by molar-refractivity contribution is 5.97. The van der Waals surface area contributed by atoms with Crippen LogP contribution in [0.25, 0.3) is 11.0 Å². The number of hydrogen-bond acceptors (Lipinski definition) is 5. The van der Waals surface area contributed by atoms with Gasteiger partial charge in [0.05, 0.1) is 36.6 Å². The fourth-order valence-electron chi connectivity index (χ4n) is 2.68. The first-order valence-electron chi connectivity index (χ1n) is 7.74. The molecule has 0 radical (unpaired) electrons. The van der Waals surface area contributed by atoms with E-state index in [4.69, 9.17) is 5.11 Å². The monoisotopic (exact) mass is 328 g/mol. The van der Waals surface area contributed by atoms with Gasteiger partial charge in [0.2, 0.25) is 0 Å². The lowest BCUT2D eigenvalue weighted by Crippen LogP contribution is -2.23. The molecule has 0 aromatic carbocycles. The summed E-state index contributed by atoms with van der Waals surface area (Å²) < 4.78 is 1.64. The van der Waals surface area contributed by atoms with Crippen molar-refractivity contribution in [1.82, 2.24) is 30.0 Å². The highest BCUT2D eigenvalue weighted by Gasteiger charge is 2.13. The average Bonchev–Trinajstić information content (AvgIpc) is 3.04. The summed E-state index contributed by atoms with van der Waals surface area (Å²) in [6.45, 7) is 6.38. The van der Waals surface area contributed by atoms with Gasteiger partial charge in [0.25, 0.3) is 5.91 Å². The summed E-state index contributed by atoms with van der Waals surface area (Å²) in [5, 5.41) is 17.1. The minimum absolute atomic E-state index is 0.0113. The third-order valence-electron chi connectivity index (χ3n) is 3.87. The molecule has 126 valence electrons. The van der Waals surface area contributed by atoms with E-state index < -0.39 is 0 Å². The van der Waals surface area contributed by atoms with E-state index in [1.807, 2.05) is 20.8 Å². The molecule has 0 atom stereocenters. The SMILES string of the molecule is Cc1nc(CNC(=O)c2cnc3c(c2)c(C)nn3CCO)c(C)[nH]1. The zero-order valence-electron chi connectivity index (χ0n) is 13.9. The van der Waals surface area contributed by atoms with Crippen LogP contribution < -0.4 is 5.32 Å². The molecule has 3 N–H and O–H groups in total. The lowest BCUT2D eigenvalue weighted by atomic mass is 10.2. The number of fused-ring (bicyclic) bond motifs is 1. The number of pyridine rings is 1. The molecule has 1 amide bonds. The molecule has 8 nitrogen and oxygen atoms in total. The van der Waals surface area contributed by atoms with Crippen LogP contribution in [0.15, 0.2) is 12.3 Å². The van der Waals surface area contributed by atoms with Gasteiger partial charge in [-0.2, -0.15) is 5.10 Å². The Morgan fingerprint density at radius 3 is 2.83 bits per heavy atom. The predicted octanol–water partition coefficient (Wildman–Crippen LogP) is 1.00. The molecular formula is C16H20N6O2. The smallest absolute Gasteiger partial charge is 0.253 e. The van der Waals surface area contributed by atoms with Gasteiger partial charge in [-0.25, -0.2) is 14.6 Å². The average molecular weight is 328 g/mol. The van der Waals surface area contributed by atoms with E-state index in [2.05, 4.69) is 25.4 Å². The number of nitrogens with one attached hydrogen (secondary N) is 2. The number of nitrogens with zero attached hydrogens (tertiary/aromatic N) is 4. The van der Waals surface area contributed by atoms with Gasteiger partial charge >= 0.3 is 0 Å². The van der Waals surface area contributed by atoms with E-state index in [0.29, 0.717) is 24.3 Å². The van der Waals surface area contributed by atoms with Crippen molar-refractivity contribution in [1.29, 1.82) is 0 Å². The fourth-order valence-corrected chi connectivity index (χ4v) is 2.68. The lowest BCUT2D eigenvalue weighted by Gasteiger charge is -2.05. The Morgan fingerprint density at radius 1 is 1.38 bits per heavy atom. The predicted molar refractivity (Wildman–Crippen MR) is 88.6 cm³/mol. The molecule has 0 spiro atoms. The van der Waals surface area contributed by atoms with Crippen LogP contribution in [0.3, 0.4) is 0 Å². The highest BCUT2D eigenvalue weighted by atomic mass is 16.3. The molecular weight excluding hydrogens is 308 g/mol. The Bertz CT molecular complexity index is 895. The van der Waals surface area contributed by atoms with Gasteiger partial charge in [0.15, 0.2) is 5.65 Å². The maximum atomic E-state index is 12.4. The van der Waals surface area contributed by atoms with Crippen LogP contribution in [-0.2, 0) is 13.1 Å². The molecule has 0 fully saturated rings. The van der Waals surface area contributed by atoms with E-state index in [1.54, 1.807) is 10.7 Å². The molecule has 3 aromatic rings. The lowest BCUT2D eigenvalue weighted by molar-refractivity contribution is 0.0950. The maximum absolute atomic E-state index is 12.4. The summed E-state index contributed by atoms with van der Waals surface area (Å²) in [7, 11) is 0. The Morgan fingerprint density at radius 2 is 2.17 bits per heavy atom. The molecule has 0 aliphatic rings. The second-order valence-electron chi connectivity index (χ2n) is 5.70. The van der Waals surface area contributed by atoms with Crippen molar-refractivity contribution in [3.05, 3.63) is 40.7 Å². The Hall–Kier alpha value is -2.74. The number of aliphatic hydroxyl groups excluding tert-OH is 1. The molecule has 8 heteroatoms. The second-order valence-corrected chi connectivity index (χ2v) is 5.70. The molecule has 0 saturated carbocycles. The normalized spacial score (nSPS) is 11.2. The fraction of sp³-hybridized carbons (Fsp3) is 0.375. The summed E-state index contributed by atoms with van der Waals surface area (Å²) in [6.07, 6.45) is 1.52. The van der Waals surface area contributed by atoms with Crippen molar-refractivity contribution < 1.29 is 9.90 Å². The Kier molecular flexibility index (Phi) is 4.30. The minimum Gasteiger partial charge on any atom is -0.394 e. The summed E-state index contributed by atoms with van der Waals surface area (Å²) in [5.74, 6) is 0.616. The Balaban J connectivity index is 1.80. The molecule has 3 aromatic heterocycles. The number of carbonyl (C=O) groups is 1. The highest BCUT2D eigenvalue weighted by Crippen LogP contribution is 2.17. The van der Waals surface area contributed by atoms with E-state index in [0.717, 1.165) is 28.3 Å². The van der Waals surface area contributed by atoms with Crippen LogP contribution in [-0.4, -0.2) is 42.4 Å². The number of aromatic nitrogens is 5. The van der Waals surface area contributed by atoms with E-state index >= 15 is 0 Å². The van der Waals surface area contributed by atoms with Crippen LogP contribution in [0.5, 0.6) is 0 Å². The molecule has 0 aliphatic carbocycles. The topological polar surface area (TPSA) is 109 Å². The zero-order chi connectivity index (χ0) is 17.3. The van der Waals surface area contributed by atoms with E-state index in [-0.39, 0.29) is 12.5 Å². The summed E-state index contributed by atoms with van der Waals surface area (Å²) in [6, 6.07) is 1.77. The molecule has 0 saturated heterocycles. The van der Waals surface area contributed by atoms with Gasteiger partial charge in [0.1, 0.15) is 5.82 Å². The van der Waals surface area contributed by atoms with Crippen molar-refractivity contribution in [3.8, 4) is 0 Å². The van der Waals surface area contributed by atoms with Crippen LogP contribution >= 0.6 is 0 Å². The van der Waals surface area contributed by atoms with Crippen molar-refractivity contribution in [2.75, 3.05) is 6.61 Å². The number of aromatic amines is 1. The molecule has 24 heavy (non-hydrogen) atoms. The number of aliphatic hydroxyl groups is 1. The summed E-state index contributed by atoms with van der Waals surface area (Å²) in [4.78, 5) is 24.1. The maximum Gasteiger partial charge on any atom is 0.253 e. The standard InChI is InChI=1S/C16H20N6O2/c1-9-13-6-12(7-17-15(13)22(21-9)4-5-23)16(24)18-8-14-10(2)19-11(3)20-14/h6-7,23H,4-5,8H2,1-3H3,(H,18,24)(H,19,20). The summed E-state index contributed by atoms with van der Waals surface area (Å²) in [5.41, 5.74) is 3.68. The number of imidazole rings is 1. The van der Waals surface area contributed by atoms with Gasteiger partial charge < -0.3 is 15.4 Å². The van der Waals surface area contributed by atoms with Gasteiger partial charge in [-0.05, 0) is 26.8 Å². The van der Waals surface area contributed by atoms with Gasteiger partial charge in [0, 0.05) is 17.3 Å². The van der Waals surface area contributed by atoms with E-state index in [1.165, 1.54) is 6.20 Å². The summed E-state index contributed by atoms with van der Waals surface area (Å²) >= 11 is 0. The molecule has 0 aliphatic heterocycles. The third kappa shape index (κ3) is 3.00. The van der Waals surface area contributed by atoms with Gasteiger partial charge in [-0.15, -0.1) is 0 Å². The number of rotatable bonds is 5. The van der Waals surface area contributed by atoms with Crippen molar-refractivity contribution in [3.63, 3.8) is 0 Å². The first kappa shape index (κ1) is 16.1. The quantitative estimate of drug-likeness (QED) is 0.647. The minimum atomic E-state index is -0.209. The number of carbonyl (C=O) groups excluding carboxylic acids is 1. The Labute approximate surface area is 138 Å². The van der Waals surface area contributed by atoms with Gasteiger partial charge in [-0.1, -0.05) is 0 Å². The van der Waals surface area contributed by atoms with E-state index in [9.17, 15) is 4.79 Å². The first-order valence-corrected chi connectivity index (χ1v) is 7.74.